The van der Waals surface area contributed by atoms with Gasteiger partial charge in [0.15, 0.2) is 0 Å². The van der Waals surface area contributed by atoms with Gasteiger partial charge in [0.1, 0.15) is 17.3 Å². The molecule has 1 aliphatic heterocycles. The van der Waals surface area contributed by atoms with Crippen molar-refractivity contribution in [2.75, 3.05) is 20.8 Å². The fourth-order valence-electron chi connectivity index (χ4n) is 3.58. The molecule has 0 aliphatic carbocycles. The molecular formula is C23H25NO5. The minimum atomic E-state index is -0.719. The number of ether oxygens (including phenoxy) is 2. The summed E-state index contributed by atoms with van der Waals surface area (Å²) in [5.74, 6) is -0.436. The predicted octanol–water partition coefficient (Wildman–Crippen LogP) is 3.93. The van der Waals surface area contributed by atoms with E-state index in [9.17, 15) is 14.7 Å². The summed E-state index contributed by atoms with van der Waals surface area (Å²) in [4.78, 5) is 27.3. The first kappa shape index (κ1) is 20.5. The number of carbonyl (C=O) groups is 2. The summed E-state index contributed by atoms with van der Waals surface area (Å²) in [6.45, 7) is 2.43. The van der Waals surface area contributed by atoms with Gasteiger partial charge in [-0.2, -0.15) is 0 Å². The molecule has 1 N–H and O–H groups in total. The summed E-state index contributed by atoms with van der Waals surface area (Å²) in [6, 6.07) is 13.3. The molecule has 1 aliphatic rings. The molecule has 1 heterocycles. The number of aliphatic hydroxyl groups is 1. The quantitative estimate of drug-likeness (QED) is 0.437. The van der Waals surface area contributed by atoms with Crippen molar-refractivity contribution in [2.24, 2.45) is 0 Å². The lowest BCUT2D eigenvalue weighted by Crippen LogP contribution is -2.30. The van der Waals surface area contributed by atoms with Crippen molar-refractivity contribution in [1.82, 2.24) is 4.90 Å². The van der Waals surface area contributed by atoms with Gasteiger partial charge in [0.2, 0.25) is 0 Å². The molecule has 1 unspecified atom stereocenters. The summed E-state index contributed by atoms with van der Waals surface area (Å²) in [5.41, 5.74) is 1.14. The molecule has 3 rings (SSSR count). The third-order valence-electron chi connectivity index (χ3n) is 5.07. The minimum Gasteiger partial charge on any atom is -0.507 e. The fourth-order valence-corrected chi connectivity index (χ4v) is 3.58. The van der Waals surface area contributed by atoms with E-state index in [1.807, 2.05) is 25.1 Å². The van der Waals surface area contributed by atoms with Gasteiger partial charge in [-0.25, -0.2) is 0 Å². The molecule has 1 atom stereocenters. The number of likely N-dealkylation sites (tertiary alicyclic amines) is 1. The first-order chi connectivity index (χ1) is 14.0. The van der Waals surface area contributed by atoms with Gasteiger partial charge in [-0.05, 0) is 24.6 Å². The third kappa shape index (κ3) is 3.83. The maximum absolute atomic E-state index is 13.0. The van der Waals surface area contributed by atoms with Crippen molar-refractivity contribution in [3.8, 4) is 11.5 Å². The van der Waals surface area contributed by atoms with Gasteiger partial charge in [-0.15, -0.1) is 0 Å². The number of hydrogen-bond acceptors (Lipinski definition) is 5. The van der Waals surface area contributed by atoms with Crippen LogP contribution in [0.15, 0.2) is 54.1 Å². The number of rotatable bonds is 7. The van der Waals surface area contributed by atoms with Crippen LogP contribution in [0.1, 0.15) is 36.9 Å². The molecule has 1 fully saturated rings. The van der Waals surface area contributed by atoms with Gasteiger partial charge in [0.05, 0.1) is 25.8 Å². The normalized spacial score (nSPS) is 18.2. The van der Waals surface area contributed by atoms with Crippen LogP contribution in [0.3, 0.4) is 0 Å². The smallest absolute Gasteiger partial charge is 0.295 e. The standard InChI is InChI=1S/C23H25NO5/c1-4-5-13-24-20(17-11-6-7-12-18(17)29-3)19(22(26)23(24)27)21(25)15-9-8-10-16(14-15)28-2/h6-12,14,20,25H,4-5,13H2,1-3H3/b21-19-. The van der Waals surface area contributed by atoms with E-state index in [1.165, 1.54) is 12.0 Å². The van der Waals surface area contributed by atoms with E-state index in [0.717, 1.165) is 12.8 Å². The van der Waals surface area contributed by atoms with Crippen molar-refractivity contribution in [2.45, 2.75) is 25.8 Å². The van der Waals surface area contributed by atoms with Gasteiger partial charge >= 0.3 is 0 Å². The van der Waals surface area contributed by atoms with E-state index in [2.05, 4.69) is 0 Å². The minimum absolute atomic E-state index is 0.0591. The number of hydrogen-bond donors (Lipinski definition) is 1. The Morgan fingerprint density at radius 3 is 2.52 bits per heavy atom. The van der Waals surface area contributed by atoms with Crippen molar-refractivity contribution in [3.05, 3.63) is 65.2 Å². The van der Waals surface area contributed by atoms with Crippen LogP contribution in [0.25, 0.3) is 5.76 Å². The molecular weight excluding hydrogens is 370 g/mol. The molecule has 0 radical (unpaired) electrons. The Balaban J connectivity index is 2.21. The van der Waals surface area contributed by atoms with Crippen LogP contribution < -0.4 is 9.47 Å². The summed E-state index contributed by atoms with van der Waals surface area (Å²) in [6.07, 6.45) is 1.62. The topological polar surface area (TPSA) is 76.1 Å². The highest BCUT2D eigenvalue weighted by molar-refractivity contribution is 6.46. The van der Waals surface area contributed by atoms with E-state index < -0.39 is 17.7 Å². The van der Waals surface area contributed by atoms with Gasteiger partial charge < -0.3 is 19.5 Å². The lowest BCUT2D eigenvalue weighted by atomic mass is 9.94. The molecule has 6 heteroatoms. The zero-order valence-electron chi connectivity index (χ0n) is 16.8. The Bertz CT molecular complexity index is 950. The molecule has 6 nitrogen and oxygen atoms in total. The average Bonchev–Trinajstić information content (AvgIpc) is 3.01. The zero-order valence-corrected chi connectivity index (χ0v) is 16.8. The number of carbonyl (C=O) groups excluding carboxylic acids is 2. The van der Waals surface area contributed by atoms with Crippen LogP contribution in [0, 0.1) is 0 Å². The number of nitrogens with zero attached hydrogens (tertiary/aromatic N) is 1. The third-order valence-corrected chi connectivity index (χ3v) is 5.07. The summed E-state index contributed by atoms with van der Waals surface area (Å²) < 4.78 is 10.7. The molecule has 2 aromatic carbocycles. The Kier molecular flexibility index (Phi) is 6.22. The lowest BCUT2D eigenvalue weighted by molar-refractivity contribution is -0.139. The lowest BCUT2D eigenvalue weighted by Gasteiger charge is -2.26. The van der Waals surface area contributed by atoms with Crippen molar-refractivity contribution in [3.63, 3.8) is 0 Å². The van der Waals surface area contributed by atoms with E-state index in [-0.39, 0.29) is 11.3 Å². The van der Waals surface area contributed by atoms with Gasteiger partial charge in [-0.3, -0.25) is 9.59 Å². The van der Waals surface area contributed by atoms with Gasteiger partial charge in [0, 0.05) is 17.7 Å². The number of para-hydroxylation sites is 1. The molecule has 1 amide bonds. The highest BCUT2D eigenvalue weighted by Gasteiger charge is 2.46. The second-order valence-electron chi connectivity index (χ2n) is 6.82. The molecule has 152 valence electrons. The summed E-state index contributed by atoms with van der Waals surface area (Å²) in [5, 5.41) is 11.1. The van der Waals surface area contributed by atoms with Crippen molar-refractivity contribution < 1.29 is 24.2 Å². The van der Waals surface area contributed by atoms with Gasteiger partial charge in [-0.1, -0.05) is 43.7 Å². The van der Waals surface area contributed by atoms with E-state index >= 15 is 0 Å². The van der Waals surface area contributed by atoms with Crippen molar-refractivity contribution in [1.29, 1.82) is 0 Å². The maximum Gasteiger partial charge on any atom is 0.295 e. The summed E-state index contributed by atoms with van der Waals surface area (Å²) in [7, 11) is 3.07. The number of methoxy groups -OCH3 is 2. The van der Waals surface area contributed by atoms with Gasteiger partial charge in [0.25, 0.3) is 11.7 Å². The highest BCUT2D eigenvalue weighted by Crippen LogP contribution is 2.42. The molecule has 29 heavy (non-hydrogen) atoms. The zero-order chi connectivity index (χ0) is 21.0. The Morgan fingerprint density at radius 1 is 1.07 bits per heavy atom. The van der Waals surface area contributed by atoms with Crippen LogP contribution in [-0.4, -0.2) is 42.5 Å². The van der Waals surface area contributed by atoms with Crippen LogP contribution in [0.2, 0.25) is 0 Å². The Labute approximate surface area is 170 Å². The molecule has 1 saturated heterocycles. The van der Waals surface area contributed by atoms with E-state index in [1.54, 1.807) is 37.4 Å². The monoisotopic (exact) mass is 395 g/mol. The largest absolute Gasteiger partial charge is 0.507 e. The van der Waals surface area contributed by atoms with E-state index in [0.29, 0.717) is 29.2 Å². The first-order valence-corrected chi connectivity index (χ1v) is 9.59. The van der Waals surface area contributed by atoms with Crippen LogP contribution in [0.5, 0.6) is 11.5 Å². The number of benzene rings is 2. The number of ketones is 1. The second-order valence-corrected chi connectivity index (χ2v) is 6.82. The molecule has 2 aromatic rings. The fraction of sp³-hybridized carbons (Fsp3) is 0.304. The van der Waals surface area contributed by atoms with Crippen LogP contribution in [0.4, 0.5) is 0 Å². The van der Waals surface area contributed by atoms with Crippen molar-refractivity contribution >= 4 is 17.4 Å². The first-order valence-electron chi connectivity index (χ1n) is 9.59. The molecule has 0 saturated carbocycles. The Morgan fingerprint density at radius 2 is 1.83 bits per heavy atom. The average molecular weight is 395 g/mol. The number of amides is 1. The SMILES string of the molecule is CCCCN1C(=O)C(=O)/C(=C(\O)c2cccc(OC)c2)C1c1ccccc1OC. The number of Topliss-reactive ketones (excluding diaryl/α,β-unsaturated/α-hetero) is 1. The summed E-state index contributed by atoms with van der Waals surface area (Å²) >= 11 is 0. The highest BCUT2D eigenvalue weighted by atomic mass is 16.5. The molecule has 0 bridgehead atoms. The van der Waals surface area contributed by atoms with Crippen LogP contribution in [-0.2, 0) is 9.59 Å². The predicted molar refractivity (Wildman–Crippen MR) is 110 cm³/mol. The number of unbranched alkanes of at least 4 members (excludes halogenated alkanes) is 1. The van der Waals surface area contributed by atoms with Crippen LogP contribution >= 0.6 is 0 Å². The number of aliphatic hydroxyl groups excluding tert-OH is 1. The Hall–Kier alpha value is -3.28. The maximum atomic E-state index is 13.0. The molecule has 0 aromatic heterocycles. The second kappa shape index (κ2) is 8.82. The molecule has 0 spiro atoms. The van der Waals surface area contributed by atoms with E-state index in [4.69, 9.17) is 9.47 Å².